The molecule has 0 radical (unpaired) electrons. The van der Waals surface area contributed by atoms with Gasteiger partial charge in [-0.25, -0.2) is 4.99 Å². The van der Waals surface area contributed by atoms with Crippen molar-refractivity contribution in [3.8, 4) is 11.5 Å². The van der Waals surface area contributed by atoms with Crippen molar-refractivity contribution in [2.75, 3.05) is 58.8 Å². The Hall–Kier alpha value is -3.29. The van der Waals surface area contributed by atoms with E-state index in [9.17, 15) is 10.1 Å². The average molecular weight is 630 g/mol. The molecule has 0 atom stereocenters. The van der Waals surface area contributed by atoms with Gasteiger partial charge in [-0.1, -0.05) is 18.2 Å². The Labute approximate surface area is 231 Å². The Morgan fingerprint density at radius 1 is 1.13 bits per heavy atom. The molecule has 1 fully saturated rings. The van der Waals surface area contributed by atoms with Crippen LogP contribution in [0.25, 0.3) is 10.9 Å². The van der Waals surface area contributed by atoms with Crippen molar-refractivity contribution < 1.29 is 14.4 Å². The highest BCUT2D eigenvalue weighted by molar-refractivity contribution is 14.2. The minimum absolute atomic E-state index is 0.102. The van der Waals surface area contributed by atoms with Gasteiger partial charge in [0.1, 0.15) is 12.4 Å². The number of nitro benzene ring substituents is 1. The third-order valence-electron chi connectivity index (χ3n) is 6.76. The fourth-order valence-electron chi connectivity index (χ4n) is 4.61. The van der Waals surface area contributed by atoms with Crippen LogP contribution in [0.5, 0.6) is 11.5 Å². The van der Waals surface area contributed by atoms with E-state index in [0.29, 0.717) is 24.6 Å². The molecule has 2 aromatic carbocycles. The second kappa shape index (κ2) is 11.6. The molecule has 0 aliphatic carbocycles. The van der Waals surface area contributed by atoms with Gasteiger partial charge in [0, 0.05) is 74.6 Å². The number of hydrogen-bond acceptors (Lipinski definition) is 8. The lowest BCUT2D eigenvalue weighted by molar-refractivity contribution is -0.385. The molecule has 3 heterocycles. The number of aryl methyl sites for hydroxylation is 1. The number of hydrogen-bond donors (Lipinski definition) is 1. The zero-order valence-corrected chi connectivity index (χ0v) is 23.8. The third kappa shape index (κ3) is 5.74. The molecule has 0 unspecified atom stereocenters. The molecule has 2 aliphatic heterocycles. The van der Waals surface area contributed by atoms with E-state index < -0.39 is 25.7 Å². The lowest BCUT2D eigenvalue weighted by atomic mass is 10.1. The number of benzene rings is 2. The van der Waals surface area contributed by atoms with Gasteiger partial charge >= 0.3 is 5.69 Å². The maximum absolute atomic E-state index is 11.9. The van der Waals surface area contributed by atoms with Crippen LogP contribution >= 0.6 is 20.7 Å². The molecular formula is C27H31IN6O4. The Kier molecular flexibility index (Phi) is 8.05. The quantitative estimate of drug-likeness (QED) is 0.215. The second-order valence-electron chi connectivity index (χ2n) is 9.26. The number of nitro groups is 1. The van der Waals surface area contributed by atoms with Gasteiger partial charge in [-0.15, -0.1) is 0 Å². The predicted molar refractivity (Wildman–Crippen MR) is 160 cm³/mol. The SMILES string of the molecule is COc1cc(OCCN2CCN(C)CC2)c([N+](=O)[O-])cc1NC1=IC=CC(c2cn(C)c3ccccc23)=N1. The van der Waals surface area contributed by atoms with Gasteiger partial charge in [0.2, 0.25) is 5.75 Å². The normalized spacial score (nSPS) is 16.5. The van der Waals surface area contributed by atoms with E-state index in [-0.39, 0.29) is 11.4 Å². The summed E-state index contributed by atoms with van der Waals surface area (Å²) in [6.07, 6.45) is 4.13. The van der Waals surface area contributed by atoms with Crippen LogP contribution in [0.4, 0.5) is 11.4 Å². The highest BCUT2D eigenvalue weighted by Gasteiger charge is 2.22. The number of piperazine rings is 1. The number of ether oxygens (including phenoxy) is 2. The van der Waals surface area contributed by atoms with Gasteiger partial charge in [0.25, 0.3) is 0 Å². The molecule has 200 valence electrons. The van der Waals surface area contributed by atoms with E-state index in [2.05, 4.69) is 55.2 Å². The van der Waals surface area contributed by atoms with Crippen LogP contribution in [0.15, 0.2) is 57.7 Å². The molecular weight excluding hydrogens is 599 g/mol. The largest absolute Gasteiger partial charge is 0.494 e. The molecule has 1 saturated heterocycles. The van der Waals surface area contributed by atoms with Crippen molar-refractivity contribution in [3.05, 3.63) is 68.4 Å². The summed E-state index contributed by atoms with van der Waals surface area (Å²) in [5.41, 5.74) is 3.43. The lowest BCUT2D eigenvalue weighted by Crippen LogP contribution is -2.45. The monoisotopic (exact) mass is 630 g/mol. The van der Waals surface area contributed by atoms with E-state index in [1.165, 1.54) is 6.07 Å². The molecule has 0 amide bonds. The topological polar surface area (TPSA) is 97.4 Å². The molecule has 3 aromatic rings. The number of nitrogens with zero attached hydrogens (tertiary/aromatic N) is 5. The Morgan fingerprint density at radius 2 is 1.92 bits per heavy atom. The summed E-state index contributed by atoms with van der Waals surface area (Å²) in [5, 5.41) is 16.4. The lowest BCUT2D eigenvalue weighted by Gasteiger charge is -2.32. The number of nitrogens with one attached hydrogen (secondary N) is 1. The Balaban J connectivity index is 1.35. The summed E-state index contributed by atoms with van der Waals surface area (Å²) in [7, 11) is 5.68. The van der Waals surface area contributed by atoms with E-state index in [1.54, 1.807) is 13.2 Å². The Bertz CT molecular complexity index is 1440. The summed E-state index contributed by atoms with van der Waals surface area (Å²) < 4.78 is 16.5. The number of rotatable bonds is 9. The Morgan fingerprint density at radius 3 is 2.68 bits per heavy atom. The van der Waals surface area contributed by atoms with Crippen molar-refractivity contribution in [2.24, 2.45) is 12.0 Å². The number of likely N-dealkylation sites (N-methyl/N-ethyl adjacent to an activating group) is 1. The first-order valence-corrected chi connectivity index (χ1v) is 14.7. The minimum atomic E-state index is -0.541. The van der Waals surface area contributed by atoms with Gasteiger partial charge in [0.05, 0.1) is 23.4 Å². The predicted octanol–water partition coefficient (Wildman–Crippen LogP) is 4.21. The zero-order valence-electron chi connectivity index (χ0n) is 21.7. The average Bonchev–Trinajstić information content (AvgIpc) is 3.27. The second-order valence-corrected chi connectivity index (χ2v) is 11.6. The molecule has 0 saturated carbocycles. The number of aromatic nitrogens is 1. The molecule has 38 heavy (non-hydrogen) atoms. The molecule has 10 nitrogen and oxygen atoms in total. The summed E-state index contributed by atoms with van der Waals surface area (Å²) in [6.45, 7) is 5.03. The van der Waals surface area contributed by atoms with Crippen molar-refractivity contribution in [3.63, 3.8) is 0 Å². The van der Waals surface area contributed by atoms with E-state index in [4.69, 9.17) is 14.5 Å². The van der Waals surface area contributed by atoms with E-state index in [1.807, 2.05) is 19.2 Å². The van der Waals surface area contributed by atoms with Crippen molar-refractivity contribution in [2.45, 2.75) is 0 Å². The zero-order chi connectivity index (χ0) is 26.6. The molecule has 1 aromatic heterocycles. The van der Waals surface area contributed by atoms with Gasteiger partial charge in [-0.05, 0) is 44.0 Å². The van der Waals surface area contributed by atoms with Crippen LogP contribution in [0.3, 0.4) is 0 Å². The summed E-state index contributed by atoms with van der Waals surface area (Å²) in [6, 6.07) is 11.3. The fourth-order valence-corrected chi connectivity index (χ4v) is 6.32. The van der Waals surface area contributed by atoms with Crippen molar-refractivity contribution >= 4 is 52.5 Å². The summed E-state index contributed by atoms with van der Waals surface area (Å²) in [4.78, 5) is 21.0. The first-order chi connectivity index (χ1) is 18.4. The van der Waals surface area contributed by atoms with Crippen LogP contribution < -0.4 is 14.8 Å². The number of halogens is 1. The highest BCUT2D eigenvalue weighted by atomic mass is 127. The molecule has 1 N–H and O–H groups in total. The first kappa shape index (κ1) is 26.3. The van der Waals surface area contributed by atoms with Crippen LogP contribution in [0.2, 0.25) is 0 Å². The van der Waals surface area contributed by atoms with Crippen LogP contribution in [0, 0.1) is 10.1 Å². The standard InChI is InChI=1S/C27H31IN6O4/c1-31-10-12-33(13-11-31)14-15-38-26-17-25(37-3)22(16-24(26)34(35)36)30-27-28-9-8-21(29-27)20-18-32(2)23-7-5-4-6-19(20)23/h4-9,16-18H,10-15H2,1-3H3,(H,29,30). The number of fused-ring (bicyclic) bond motifs is 1. The molecule has 11 heteroatoms. The minimum Gasteiger partial charge on any atom is -0.494 e. The molecule has 0 bridgehead atoms. The summed E-state index contributed by atoms with van der Waals surface area (Å²) in [5.74, 6) is 0.674. The van der Waals surface area contributed by atoms with Crippen molar-refractivity contribution in [1.29, 1.82) is 0 Å². The van der Waals surface area contributed by atoms with E-state index in [0.717, 1.165) is 52.1 Å². The molecule has 5 rings (SSSR count). The maximum Gasteiger partial charge on any atom is 0.313 e. The number of allylic oxidation sites excluding steroid dienone is 1. The number of anilines is 1. The fraction of sp³-hybridized carbons (Fsp3) is 0.333. The highest BCUT2D eigenvalue weighted by Crippen LogP contribution is 2.38. The molecule has 2 aliphatic rings. The first-order valence-electron chi connectivity index (χ1n) is 12.4. The van der Waals surface area contributed by atoms with Crippen molar-refractivity contribution in [1.82, 2.24) is 14.4 Å². The molecule has 0 spiro atoms. The van der Waals surface area contributed by atoms with E-state index >= 15 is 0 Å². The number of aliphatic imine (C=N–C) groups is 1. The van der Waals surface area contributed by atoms with Gasteiger partial charge in [-0.3, -0.25) is 15.0 Å². The van der Waals surface area contributed by atoms with Gasteiger partial charge in [-0.2, -0.15) is 0 Å². The summed E-state index contributed by atoms with van der Waals surface area (Å²) >= 11 is -0.541. The number of para-hydroxylation sites is 1. The van der Waals surface area contributed by atoms with Crippen LogP contribution in [0.1, 0.15) is 5.56 Å². The van der Waals surface area contributed by atoms with Crippen LogP contribution in [-0.4, -0.2) is 82.2 Å². The van der Waals surface area contributed by atoms with Gasteiger partial charge < -0.3 is 24.3 Å². The third-order valence-corrected chi connectivity index (χ3v) is 8.58. The van der Waals surface area contributed by atoms with Crippen LogP contribution in [-0.2, 0) is 7.05 Å². The smallest absolute Gasteiger partial charge is 0.313 e. The number of methoxy groups -OCH3 is 1. The maximum atomic E-state index is 11.9. The van der Waals surface area contributed by atoms with Gasteiger partial charge in [0.15, 0.2) is 3.76 Å².